The summed E-state index contributed by atoms with van der Waals surface area (Å²) >= 11 is 1.13. The second kappa shape index (κ2) is 6.16. The van der Waals surface area contributed by atoms with E-state index in [0.717, 1.165) is 23.5 Å². The fourth-order valence-electron chi connectivity index (χ4n) is 2.13. The highest BCUT2D eigenvalue weighted by Crippen LogP contribution is 2.28. The third kappa shape index (κ3) is 3.14. The van der Waals surface area contributed by atoms with E-state index in [1.165, 1.54) is 22.7 Å². The van der Waals surface area contributed by atoms with Crippen molar-refractivity contribution in [3.05, 3.63) is 53.4 Å². The van der Waals surface area contributed by atoms with Crippen LogP contribution >= 0.6 is 11.8 Å². The molecule has 0 amide bonds. The van der Waals surface area contributed by atoms with Crippen molar-refractivity contribution in [1.29, 1.82) is 0 Å². The van der Waals surface area contributed by atoms with Gasteiger partial charge in [-0.05, 0) is 18.1 Å². The van der Waals surface area contributed by atoms with E-state index in [4.69, 9.17) is 0 Å². The van der Waals surface area contributed by atoms with Crippen molar-refractivity contribution in [3.63, 3.8) is 0 Å². The third-order valence-electron chi connectivity index (χ3n) is 3.36. The van der Waals surface area contributed by atoms with Crippen LogP contribution in [0.1, 0.15) is 31.2 Å². The van der Waals surface area contributed by atoms with Gasteiger partial charge in [0.15, 0.2) is 17.3 Å². The molecule has 0 saturated carbocycles. The SMILES string of the molecule is CC(C)c1cc2nc(CSc3cccc(F)c3F)cc(O)n2n1. The molecule has 2 heterocycles. The Morgan fingerprint density at radius 1 is 1.26 bits per heavy atom. The van der Waals surface area contributed by atoms with Gasteiger partial charge in [-0.2, -0.15) is 9.61 Å². The standard InChI is InChI=1S/C16H15F2N3OS/c1-9(2)12-7-14-19-10(6-15(22)21(14)20-12)8-23-13-5-3-4-11(17)16(13)18/h3-7,9,22H,8H2,1-2H3. The van der Waals surface area contributed by atoms with E-state index >= 15 is 0 Å². The molecule has 3 aromatic rings. The van der Waals surface area contributed by atoms with Gasteiger partial charge in [-0.3, -0.25) is 0 Å². The van der Waals surface area contributed by atoms with Gasteiger partial charge in [-0.1, -0.05) is 19.9 Å². The molecule has 0 spiro atoms. The summed E-state index contributed by atoms with van der Waals surface area (Å²) in [6.45, 7) is 4.00. The van der Waals surface area contributed by atoms with Gasteiger partial charge in [0.2, 0.25) is 5.88 Å². The predicted octanol–water partition coefficient (Wildman–Crippen LogP) is 4.13. The van der Waals surface area contributed by atoms with Crippen molar-refractivity contribution in [2.45, 2.75) is 30.4 Å². The van der Waals surface area contributed by atoms with Gasteiger partial charge in [-0.15, -0.1) is 11.8 Å². The van der Waals surface area contributed by atoms with Gasteiger partial charge in [-0.25, -0.2) is 13.8 Å². The van der Waals surface area contributed by atoms with Crippen molar-refractivity contribution in [3.8, 4) is 5.88 Å². The fraction of sp³-hybridized carbons (Fsp3) is 0.250. The minimum absolute atomic E-state index is 0.0304. The van der Waals surface area contributed by atoms with Gasteiger partial charge in [0.25, 0.3) is 0 Å². The lowest BCUT2D eigenvalue weighted by atomic mass is 10.1. The molecule has 3 rings (SSSR count). The molecule has 4 nitrogen and oxygen atoms in total. The maximum atomic E-state index is 13.6. The zero-order valence-corrected chi connectivity index (χ0v) is 13.4. The maximum absolute atomic E-state index is 13.6. The van der Waals surface area contributed by atoms with Crippen molar-refractivity contribution < 1.29 is 13.9 Å². The van der Waals surface area contributed by atoms with Crippen LogP contribution in [-0.2, 0) is 5.75 Å². The topological polar surface area (TPSA) is 50.4 Å². The Morgan fingerprint density at radius 3 is 2.78 bits per heavy atom. The lowest BCUT2D eigenvalue weighted by molar-refractivity contribution is 0.433. The van der Waals surface area contributed by atoms with Crippen LogP contribution in [0.5, 0.6) is 5.88 Å². The van der Waals surface area contributed by atoms with Crippen LogP contribution in [0.4, 0.5) is 8.78 Å². The molecule has 0 atom stereocenters. The second-order valence-electron chi connectivity index (χ2n) is 5.44. The van der Waals surface area contributed by atoms with Crippen LogP contribution in [0.2, 0.25) is 0 Å². The van der Waals surface area contributed by atoms with Crippen LogP contribution < -0.4 is 0 Å². The summed E-state index contributed by atoms with van der Waals surface area (Å²) in [5.41, 5.74) is 1.93. The molecule has 7 heteroatoms. The molecule has 23 heavy (non-hydrogen) atoms. The Bertz CT molecular complexity index is 864. The second-order valence-corrected chi connectivity index (χ2v) is 6.46. The summed E-state index contributed by atoms with van der Waals surface area (Å²) in [6, 6.07) is 7.34. The molecule has 0 bridgehead atoms. The first kappa shape index (κ1) is 15.7. The average molecular weight is 335 g/mol. The largest absolute Gasteiger partial charge is 0.493 e. The Balaban J connectivity index is 1.87. The summed E-state index contributed by atoms with van der Waals surface area (Å²) in [5.74, 6) is -1.24. The van der Waals surface area contributed by atoms with Crippen LogP contribution in [-0.4, -0.2) is 19.7 Å². The number of benzene rings is 1. The molecule has 120 valence electrons. The number of aromatic nitrogens is 3. The number of nitrogens with zero attached hydrogens (tertiary/aromatic N) is 3. The molecule has 1 N–H and O–H groups in total. The molecule has 0 aliphatic heterocycles. The normalized spacial score (nSPS) is 11.5. The molecule has 0 saturated heterocycles. The molecule has 0 unspecified atom stereocenters. The van der Waals surface area contributed by atoms with E-state index in [2.05, 4.69) is 10.1 Å². The Labute approximate surface area is 136 Å². The highest BCUT2D eigenvalue weighted by atomic mass is 32.2. The summed E-state index contributed by atoms with van der Waals surface area (Å²) < 4.78 is 28.2. The quantitative estimate of drug-likeness (QED) is 0.729. The van der Waals surface area contributed by atoms with Crippen molar-refractivity contribution in [2.75, 3.05) is 0 Å². The number of hydrogen-bond acceptors (Lipinski definition) is 4. The highest BCUT2D eigenvalue weighted by Gasteiger charge is 2.13. The maximum Gasteiger partial charge on any atom is 0.215 e. The van der Waals surface area contributed by atoms with Gasteiger partial charge in [0, 0.05) is 22.8 Å². The number of thioether (sulfide) groups is 1. The minimum atomic E-state index is -0.876. The van der Waals surface area contributed by atoms with Crippen LogP contribution in [0.25, 0.3) is 5.65 Å². The fourth-order valence-corrected chi connectivity index (χ4v) is 2.98. The molecule has 0 aliphatic rings. The van der Waals surface area contributed by atoms with E-state index in [-0.39, 0.29) is 16.7 Å². The van der Waals surface area contributed by atoms with Gasteiger partial charge in [0.05, 0.1) is 11.4 Å². The summed E-state index contributed by atoms with van der Waals surface area (Å²) in [5, 5.41) is 14.3. The summed E-state index contributed by atoms with van der Waals surface area (Å²) in [4.78, 5) is 4.62. The Kier molecular flexibility index (Phi) is 4.21. The van der Waals surface area contributed by atoms with E-state index in [9.17, 15) is 13.9 Å². The Hall–Kier alpha value is -2.15. The first-order valence-corrected chi connectivity index (χ1v) is 8.09. The van der Waals surface area contributed by atoms with Crippen molar-refractivity contribution in [2.24, 2.45) is 0 Å². The lowest BCUT2D eigenvalue weighted by Gasteiger charge is -2.05. The first-order chi connectivity index (χ1) is 11.0. The molecular formula is C16H15F2N3OS. The number of hydrogen-bond donors (Lipinski definition) is 1. The molecule has 2 aromatic heterocycles. The van der Waals surface area contributed by atoms with Crippen molar-refractivity contribution >= 4 is 17.4 Å². The number of halogens is 2. The van der Waals surface area contributed by atoms with Crippen LogP contribution in [0.15, 0.2) is 35.2 Å². The van der Waals surface area contributed by atoms with Crippen LogP contribution in [0, 0.1) is 11.6 Å². The number of aromatic hydroxyl groups is 1. The predicted molar refractivity (Wildman–Crippen MR) is 84.7 cm³/mol. The molecular weight excluding hydrogens is 320 g/mol. The van der Waals surface area contributed by atoms with Gasteiger partial charge < -0.3 is 5.11 Å². The Morgan fingerprint density at radius 2 is 2.04 bits per heavy atom. The lowest BCUT2D eigenvalue weighted by Crippen LogP contribution is -1.96. The minimum Gasteiger partial charge on any atom is -0.493 e. The highest BCUT2D eigenvalue weighted by molar-refractivity contribution is 7.98. The average Bonchev–Trinajstić information content (AvgIpc) is 2.94. The summed E-state index contributed by atoms with van der Waals surface area (Å²) in [7, 11) is 0. The zero-order chi connectivity index (χ0) is 16.6. The van der Waals surface area contributed by atoms with Gasteiger partial charge in [0.1, 0.15) is 0 Å². The zero-order valence-electron chi connectivity index (χ0n) is 12.6. The molecule has 0 fully saturated rings. The molecule has 0 radical (unpaired) electrons. The van der Waals surface area contributed by atoms with Crippen LogP contribution in [0.3, 0.4) is 0 Å². The van der Waals surface area contributed by atoms with Gasteiger partial charge >= 0.3 is 0 Å². The smallest absolute Gasteiger partial charge is 0.215 e. The molecule has 0 aliphatic carbocycles. The van der Waals surface area contributed by atoms with E-state index in [1.54, 1.807) is 6.07 Å². The monoisotopic (exact) mass is 335 g/mol. The van der Waals surface area contributed by atoms with E-state index in [1.807, 2.05) is 13.8 Å². The first-order valence-electron chi connectivity index (χ1n) is 7.11. The van der Waals surface area contributed by atoms with E-state index < -0.39 is 11.6 Å². The molecule has 1 aromatic carbocycles. The number of fused-ring (bicyclic) bond motifs is 1. The third-order valence-corrected chi connectivity index (χ3v) is 4.43. The number of rotatable bonds is 4. The van der Waals surface area contributed by atoms with Crippen molar-refractivity contribution in [1.82, 2.24) is 14.6 Å². The summed E-state index contributed by atoms with van der Waals surface area (Å²) in [6.07, 6.45) is 0. The van der Waals surface area contributed by atoms with E-state index in [0.29, 0.717) is 17.1 Å².